The third-order valence-corrected chi connectivity index (χ3v) is 3.30. The summed E-state index contributed by atoms with van der Waals surface area (Å²) in [6.07, 6.45) is 4.81. The third kappa shape index (κ3) is 2.53. The standard InChI is InChI=1S/C14H9Cl2N3O/c15-6-9-7-17-8-13(19-9)20-12-4-3-11(16)10-2-1-5-18-14(10)12/h1-5,7-8H,6H2. The van der Waals surface area contributed by atoms with Crippen LogP contribution in [0, 0.1) is 0 Å². The molecule has 0 amide bonds. The number of alkyl halides is 1. The van der Waals surface area contributed by atoms with Gasteiger partial charge in [0.15, 0.2) is 5.75 Å². The van der Waals surface area contributed by atoms with E-state index in [4.69, 9.17) is 27.9 Å². The predicted molar refractivity (Wildman–Crippen MR) is 78.4 cm³/mol. The molecule has 2 heterocycles. The summed E-state index contributed by atoms with van der Waals surface area (Å²) in [5, 5.41) is 1.45. The molecule has 0 saturated carbocycles. The van der Waals surface area contributed by atoms with Crippen LogP contribution < -0.4 is 4.74 Å². The first-order valence-electron chi connectivity index (χ1n) is 5.86. The summed E-state index contributed by atoms with van der Waals surface area (Å²) in [5.74, 6) is 1.23. The average molecular weight is 306 g/mol. The molecule has 0 unspecified atom stereocenters. The zero-order valence-corrected chi connectivity index (χ0v) is 11.8. The third-order valence-electron chi connectivity index (χ3n) is 2.69. The number of fused-ring (bicyclic) bond motifs is 1. The zero-order valence-electron chi connectivity index (χ0n) is 10.3. The first kappa shape index (κ1) is 13.1. The second kappa shape index (κ2) is 5.61. The quantitative estimate of drug-likeness (QED) is 0.680. The van der Waals surface area contributed by atoms with E-state index in [0.29, 0.717) is 27.9 Å². The average Bonchev–Trinajstić information content (AvgIpc) is 2.51. The van der Waals surface area contributed by atoms with Crippen molar-refractivity contribution in [2.75, 3.05) is 0 Å². The Bertz CT molecular complexity index is 764. The van der Waals surface area contributed by atoms with Crippen LogP contribution in [0.3, 0.4) is 0 Å². The maximum absolute atomic E-state index is 6.14. The topological polar surface area (TPSA) is 47.9 Å². The number of aromatic nitrogens is 3. The minimum absolute atomic E-state index is 0.282. The highest BCUT2D eigenvalue weighted by Crippen LogP contribution is 2.31. The van der Waals surface area contributed by atoms with E-state index in [1.54, 1.807) is 24.5 Å². The maximum Gasteiger partial charge on any atom is 0.238 e. The van der Waals surface area contributed by atoms with Gasteiger partial charge in [-0.1, -0.05) is 11.6 Å². The summed E-state index contributed by atoms with van der Waals surface area (Å²) in [6, 6.07) is 7.23. The van der Waals surface area contributed by atoms with Gasteiger partial charge in [-0.05, 0) is 24.3 Å². The molecule has 0 spiro atoms. The number of rotatable bonds is 3. The second-order valence-electron chi connectivity index (χ2n) is 4.03. The molecule has 2 aromatic heterocycles. The summed E-state index contributed by atoms with van der Waals surface area (Å²) in [4.78, 5) is 12.6. The number of benzene rings is 1. The highest BCUT2D eigenvalue weighted by atomic mass is 35.5. The Hall–Kier alpha value is -1.91. The van der Waals surface area contributed by atoms with Gasteiger partial charge in [0, 0.05) is 17.8 Å². The van der Waals surface area contributed by atoms with Gasteiger partial charge in [0.2, 0.25) is 5.88 Å². The summed E-state index contributed by atoms with van der Waals surface area (Å²) in [6.45, 7) is 0. The predicted octanol–water partition coefficient (Wildman–Crippen LogP) is 4.21. The van der Waals surface area contributed by atoms with E-state index in [1.165, 1.54) is 6.20 Å². The van der Waals surface area contributed by atoms with Crippen LogP contribution in [0.4, 0.5) is 0 Å². The summed E-state index contributed by atoms with van der Waals surface area (Å²) < 4.78 is 5.74. The van der Waals surface area contributed by atoms with Crippen LogP contribution in [0.5, 0.6) is 11.6 Å². The highest BCUT2D eigenvalue weighted by Gasteiger charge is 2.09. The Morgan fingerprint density at radius 3 is 2.90 bits per heavy atom. The normalized spacial score (nSPS) is 10.7. The number of halogens is 2. The van der Waals surface area contributed by atoms with Gasteiger partial charge in [0.25, 0.3) is 0 Å². The van der Waals surface area contributed by atoms with Gasteiger partial charge >= 0.3 is 0 Å². The van der Waals surface area contributed by atoms with Crippen LogP contribution in [0.15, 0.2) is 42.9 Å². The molecule has 0 saturated heterocycles. The lowest BCUT2D eigenvalue weighted by Gasteiger charge is -2.08. The molecular formula is C14H9Cl2N3O. The molecule has 0 aliphatic heterocycles. The molecule has 0 aliphatic rings. The van der Waals surface area contributed by atoms with Crippen molar-refractivity contribution in [1.29, 1.82) is 0 Å². The van der Waals surface area contributed by atoms with Crippen molar-refractivity contribution in [2.24, 2.45) is 0 Å². The Labute approximate surface area is 125 Å². The lowest BCUT2D eigenvalue weighted by molar-refractivity contribution is 0.462. The summed E-state index contributed by atoms with van der Waals surface area (Å²) >= 11 is 11.9. The maximum atomic E-state index is 6.14. The minimum atomic E-state index is 0.282. The number of nitrogens with zero attached hydrogens (tertiary/aromatic N) is 3. The van der Waals surface area contributed by atoms with E-state index in [1.807, 2.05) is 12.1 Å². The van der Waals surface area contributed by atoms with E-state index in [9.17, 15) is 0 Å². The van der Waals surface area contributed by atoms with Gasteiger partial charge in [0.05, 0.1) is 22.8 Å². The van der Waals surface area contributed by atoms with Gasteiger partial charge in [-0.15, -0.1) is 11.6 Å². The molecule has 0 aliphatic carbocycles. The number of ether oxygens (including phenoxy) is 1. The largest absolute Gasteiger partial charge is 0.435 e. The van der Waals surface area contributed by atoms with Crippen molar-refractivity contribution in [1.82, 2.24) is 15.0 Å². The molecular weight excluding hydrogens is 297 g/mol. The van der Waals surface area contributed by atoms with Crippen LogP contribution in [-0.4, -0.2) is 15.0 Å². The van der Waals surface area contributed by atoms with E-state index in [0.717, 1.165) is 5.39 Å². The van der Waals surface area contributed by atoms with E-state index in [-0.39, 0.29) is 5.88 Å². The molecule has 0 N–H and O–H groups in total. The van der Waals surface area contributed by atoms with Crippen LogP contribution in [0.1, 0.15) is 5.69 Å². The molecule has 0 bridgehead atoms. The monoisotopic (exact) mass is 305 g/mol. The van der Waals surface area contributed by atoms with Crippen LogP contribution >= 0.6 is 23.2 Å². The fourth-order valence-corrected chi connectivity index (χ4v) is 2.15. The van der Waals surface area contributed by atoms with Gasteiger partial charge in [-0.3, -0.25) is 9.97 Å². The van der Waals surface area contributed by atoms with Crippen molar-refractivity contribution in [3.8, 4) is 11.6 Å². The van der Waals surface area contributed by atoms with Gasteiger partial charge in [-0.25, -0.2) is 4.98 Å². The van der Waals surface area contributed by atoms with Gasteiger partial charge in [0.1, 0.15) is 5.52 Å². The molecule has 1 aromatic carbocycles. The Balaban J connectivity index is 2.04. The van der Waals surface area contributed by atoms with Crippen molar-refractivity contribution < 1.29 is 4.74 Å². The smallest absolute Gasteiger partial charge is 0.238 e. The zero-order chi connectivity index (χ0) is 13.9. The number of pyridine rings is 1. The molecule has 6 heteroatoms. The van der Waals surface area contributed by atoms with E-state index < -0.39 is 0 Å². The Morgan fingerprint density at radius 2 is 2.05 bits per heavy atom. The molecule has 3 rings (SSSR count). The number of hydrogen-bond acceptors (Lipinski definition) is 4. The second-order valence-corrected chi connectivity index (χ2v) is 4.70. The first-order valence-corrected chi connectivity index (χ1v) is 6.77. The van der Waals surface area contributed by atoms with Crippen LogP contribution in [0.2, 0.25) is 5.02 Å². The van der Waals surface area contributed by atoms with Gasteiger partial charge < -0.3 is 4.74 Å². The lowest BCUT2D eigenvalue weighted by Crippen LogP contribution is -1.94. The van der Waals surface area contributed by atoms with E-state index in [2.05, 4.69) is 15.0 Å². The minimum Gasteiger partial charge on any atom is -0.435 e. The summed E-state index contributed by atoms with van der Waals surface area (Å²) in [5.41, 5.74) is 1.33. The Morgan fingerprint density at radius 1 is 1.15 bits per heavy atom. The lowest BCUT2D eigenvalue weighted by atomic mass is 10.2. The molecule has 3 aromatic rings. The van der Waals surface area contributed by atoms with E-state index >= 15 is 0 Å². The summed E-state index contributed by atoms with van der Waals surface area (Å²) in [7, 11) is 0. The molecule has 0 fully saturated rings. The first-order chi connectivity index (χ1) is 9.78. The SMILES string of the molecule is ClCc1cncc(Oc2ccc(Cl)c3cccnc23)n1. The highest BCUT2D eigenvalue weighted by molar-refractivity contribution is 6.35. The van der Waals surface area contributed by atoms with Crippen molar-refractivity contribution in [3.05, 3.63) is 53.6 Å². The Kier molecular flexibility index (Phi) is 3.67. The van der Waals surface area contributed by atoms with Crippen molar-refractivity contribution in [2.45, 2.75) is 5.88 Å². The van der Waals surface area contributed by atoms with Crippen molar-refractivity contribution >= 4 is 34.1 Å². The molecule has 4 nitrogen and oxygen atoms in total. The van der Waals surface area contributed by atoms with Crippen LogP contribution in [0.25, 0.3) is 10.9 Å². The van der Waals surface area contributed by atoms with Gasteiger partial charge in [-0.2, -0.15) is 0 Å². The fraction of sp³-hybridized carbons (Fsp3) is 0.0714. The molecule has 0 atom stereocenters. The molecule has 100 valence electrons. The van der Waals surface area contributed by atoms with Crippen molar-refractivity contribution in [3.63, 3.8) is 0 Å². The molecule has 20 heavy (non-hydrogen) atoms. The fourth-order valence-electron chi connectivity index (χ4n) is 1.81. The number of hydrogen-bond donors (Lipinski definition) is 0. The molecule has 0 radical (unpaired) electrons. The van der Waals surface area contributed by atoms with Crippen LogP contribution in [-0.2, 0) is 5.88 Å².